The average Bonchev–Trinajstić information content (AvgIpc) is 2.90. The van der Waals surface area contributed by atoms with Gasteiger partial charge >= 0.3 is 5.97 Å². The molecule has 1 aliphatic heterocycles. The summed E-state index contributed by atoms with van der Waals surface area (Å²) < 4.78 is 5.59. The van der Waals surface area contributed by atoms with E-state index < -0.39 is 18.1 Å². The summed E-state index contributed by atoms with van der Waals surface area (Å²) in [4.78, 5) is 24.8. The van der Waals surface area contributed by atoms with Crippen LogP contribution in [0.15, 0.2) is 24.3 Å². The predicted molar refractivity (Wildman–Crippen MR) is 73.6 cm³/mol. The zero-order chi connectivity index (χ0) is 14.7. The summed E-state index contributed by atoms with van der Waals surface area (Å²) >= 11 is 0. The second kappa shape index (κ2) is 5.94. The van der Waals surface area contributed by atoms with Gasteiger partial charge in [0.25, 0.3) is 5.91 Å². The van der Waals surface area contributed by atoms with E-state index in [1.165, 1.54) is 4.90 Å². The second-order valence-electron chi connectivity index (χ2n) is 5.10. The Labute approximate surface area is 118 Å². The van der Waals surface area contributed by atoms with Gasteiger partial charge in [-0.2, -0.15) is 0 Å². The molecule has 2 atom stereocenters. The van der Waals surface area contributed by atoms with Gasteiger partial charge in [-0.05, 0) is 38.8 Å². The minimum absolute atomic E-state index is 0.268. The standard InChI is InChI=1S/C15H19NO4/c1-10-5-7-12(8-6-10)20-11(2)14(17)16-9-3-4-13(16)15(18)19/h5-8,11,13H,3-4,9H2,1-2H3,(H,18,19)/t11?,13-/m1/s1. The molecule has 5 heteroatoms. The van der Waals surface area contributed by atoms with Crippen molar-refractivity contribution in [3.8, 4) is 5.75 Å². The van der Waals surface area contributed by atoms with Crippen LogP contribution in [-0.2, 0) is 9.59 Å². The highest BCUT2D eigenvalue weighted by molar-refractivity contribution is 5.87. The van der Waals surface area contributed by atoms with Crippen LogP contribution in [0.2, 0.25) is 0 Å². The highest BCUT2D eigenvalue weighted by atomic mass is 16.5. The van der Waals surface area contributed by atoms with Crippen LogP contribution in [0.25, 0.3) is 0 Å². The molecule has 108 valence electrons. The topological polar surface area (TPSA) is 66.8 Å². The molecule has 1 heterocycles. The molecule has 20 heavy (non-hydrogen) atoms. The maximum atomic E-state index is 12.3. The Kier molecular flexibility index (Phi) is 4.27. The van der Waals surface area contributed by atoms with E-state index in [-0.39, 0.29) is 5.91 Å². The van der Waals surface area contributed by atoms with Gasteiger partial charge < -0.3 is 14.7 Å². The van der Waals surface area contributed by atoms with E-state index in [1.807, 2.05) is 19.1 Å². The number of amides is 1. The van der Waals surface area contributed by atoms with Crippen molar-refractivity contribution in [2.45, 2.75) is 38.8 Å². The third-order valence-electron chi connectivity index (χ3n) is 3.50. The molecule has 1 amide bonds. The van der Waals surface area contributed by atoms with E-state index in [4.69, 9.17) is 9.84 Å². The number of likely N-dealkylation sites (tertiary alicyclic amines) is 1. The summed E-state index contributed by atoms with van der Waals surface area (Å²) in [7, 11) is 0. The fourth-order valence-electron chi connectivity index (χ4n) is 2.39. The van der Waals surface area contributed by atoms with Crippen LogP contribution in [-0.4, -0.2) is 40.6 Å². The van der Waals surface area contributed by atoms with Crippen LogP contribution in [0.3, 0.4) is 0 Å². The highest BCUT2D eigenvalue weighted by Gasteiger charge is 2.36. The zero-order valence-electron chi connectivity index (χ0n) is 11.7. The van der Waals surface area contributed by atoms with Crippen molar-refractivity contribution in [1.29, 1.82) is 0 Å². The van der Waals surface area contributed by atoms with Gasteiger partial charge in [-0.1, -0.05) is 17.7 Å². The second-order valence-corrected chi connectivity index (χ2v) is 5.10. The van der Waals surface area contributed by atoms with Crippen LogP contribution >= 0.6 is 0 Å². The van der Waals surface area contributed by atoms with Crippen molar-refractivity contribution in [2.24, 2.45) is 0 Å². The van der Waals surface area contributed by atoms with E-state index in [0.29, 0.717) is 18.7 Å². The average molecular weight is 277 g/mol. The van der Waals surface area contributed by atoms with Crippen LogP contribution < -0.4 is 4.74 Å². The number of carboxylic acids is 1. The predicted octanol–water partition coefficient (Wildman–Crippen LogP) is 1.84. The Morgan fingerprint density at radius 3 is 2.60 bits per heavy atom. The van der Waals surface area contributed by atoms with Crippen molar-refractivity contribution < 1.29 is 19.4 Å². The van der Waals surface area contributed by atoms with Crippen molar-refractivity contribution in [2.75, 3.05) is 6.54 Å². The molecular formula is C15H19NO4. The zero-order valence-corrected chi connectivity index (χ0v) is 11.7. The number of ether oxygens (including phenoxy) is 1. The number of hydrogen-bond donors (Lipinski definition) is 1. The molecule has 0 saturated carbocycles. The lowest BCUT2D eigenvalue weighted by atomic mass is 10.2. The van der Waals surface area contributed by atoms with Gasteiger partial charge in [-0.3, -0.25) is 4.79 Å². The van der Waals surface area contributed by atoms with Gasteiger partial charge in [0.1, 0.15) is 11.8 Å². The molecule has 1 aromatic carbocycles. The molecule has 0 spiro atoms. The number of carboxylic acid groups (broad SMARTS) is 1. The van der Waals surface area contributed by atoms with Gasteiger partial charge in [0.05, 0.1) is 0 Å². The number of nitrogens with zero attached hydrogens (tertiary/aromatic N) is 1. The number of carbonyl (C=O) groups is 2. The molecule has 0 bridgehead atoms. The van der Waals surface area contributed by atoms with Crippen LogP contribution in [0.4, 0.5) is 0 Å². The van der Waals surface area contributed by atoms with E-state index in [2.05, 4.69) is 0 Å². The Morgan fingerprint density at radius 2 is 2.00 bits per heavy atom. The third kappa shape index (κ3) is 3.10. The lowest BCUT2D eigenvalue weighted by Gasteiger charge is -2.25. The number of hydrogen-bond acceptors (Lipinski definition) is 3. The molecule has 1 saturated heterocycles. The number of aryl methyl sites for hydroxylation is 1. The van der Waals surface area contributed by atoms with Gasteiger partial charge in [-0.25, -0.2) is 4.79 Å². The summed E-state index contributed by atoms with van der Waals surface area (Å²) in [6.45, 7) is 4.11. The van der Waals surface area contributed by atoms with Crippen molar-refractivity contribution in [1.82, 2.24) is 4.90 Å². The van der Waals surface area contributed by atoms with Crippen molar-refractivity contribution in [3.05, 3.63) is 29.8 Å². The summed E-state index contributed by atoms with van der Waals surface area (Å²) in [5.74, 6) is -0.601. The Hall–Kier alpha value is -2.04. The number of aliphatic carboxylic acids is 1. The first-order chi connectivity index (χ1) is 9.49. The Balaban J connectivity index is 2.01. The first-order valence-corrected chi connectivity index (χ1v) is 6.75. The number of benzene rings is 1. The normalized spacial score (nSPS) is 19.7. The van der Waals surface area contributed by atoms with Crippen molar-refractivity contribution >= 4 is 11.9 Å². The maximum absolute atomic E-state index is 12.3. The van der Waals surface area contributed by atoms with E-state index in [0.717, 1.165) is 12.0 Å². The minimum atomic E-state index is -0.946. The molecule has 0 aromatic heterocycles. The molecule has 1 fully saturated rings. The summed E-state index contributed by atoms with van der Waals surface area (Å²) in [5, 5.41) is 9.10. The molecule has 5 nitrogen and oxygen atoms in total. The molecule has 2 rings (SSSR count). The molecule has 1 N–H and O–H groups in total. The van der Waals surface area contributed by atoms with Crippen LogP contribution in [0.5, 0.6) is 5.75 Å². The quantitative estimate of drug-likeness (QED) is 0.912. The molecule has 1 unspecified atom stereocenters. The highest BCUT2D eigenvalue weighted by Crippen LogP contribution is 2.20. The van der Waals surface area contributed by atoms with E-state index in [9.17, 15) is 9.59 Å². The summed E-state index contributed by atoms with van der Waals surface area (Å²) in [6.07, 6.45) is 0.552. The molecular weight excluding hydrogens is 258 g/mol. The molecule has 1 aliphatic rings. The van der Waals surface area contributed by atoms with Crippen molar-refractivity contribution in [3.63, 3.8) is 0 Å². The third-order valence-corrected chi connectivity index (χ3v) is 3.50. The van der Waals surface area contributed by atoms with Gasteiger partial charge in [-0.15, -0.1) is 0 Å². The fourth-order valence-corrected chi connectivity index (χ4v) is 2.39. The lowest BCUT2D eigenvalue weighted by Crippen LogP contribution is -2.46. The van der Waals surface area contributed by atoms with E-state index >= 15 is 0 Å². The van der Waals surface area contributed by atoms with Crippen LogP contribution in [0, 0.1) is 6.92 Å². The lowest BCUT2D eigenvalue weighted by molar-refractivity contribution is -0.150. The monoisotopic (exact) mass is 277 g/mol. The maximum Gasteiger partial charge on any atom is 0.326 e. The molecule has 1 aromatic rings. The Morgan fingerprint density at radius 1 is 1.35 bits per heavy atom. The largest absolute Gasteiger partial charge is 0.481 e. The van der Waals surface area contributed by atoms with Crippen LogP contribution in [0.1, 0.15) is 25.3 Å². The number of rotatable bonds is 4. The first-order valence-electron chi connectivity index (χ1n) is 6.75. The smallest absolute Gasteiger partial charge is 0.326 e. The van der Waals surface area contributed by atoms with Gasteiger partial charge in [0.15, 0.2) is 6.10 Å². The fraction of sp³-hybridized carbons (Fsp3) is 0.467. The van der Waals surface area contributed by atoms with E-state index in [1.54, 1.807) is 19.1 Å². The molecule has 0 radical (unpaired) electrons. The number of carbonyl (C=O) groups excluding carboxylic acids is 1. The summed E-state index contributed by atoms with van der Waals surface area (Å²) in [6, 6.07) is 6.70. The first kappa shape index (κ1) is 14.4. The SMILES string of the molecule is Cc1ccc(OC(C)C(=O)N2CCC[C@@H]2C(=O)O)cc1. The summed E-state index contributed by atoms with van der Waals surface area (Å²) in [5.41, 5.74) is 1.11. The minimum Gasteiger partial charge on any atom is -0.481 e. The van der Waals surface area contributed by atoms with Gasteiger partial charge in [0.2, 0.25) is 0 Å². The Bertz CT molecular complexity index is 497. The van der Waals surface area contributed by atoms with Gasteiger partial charge in [0, 0.05) is 6.54 Å². The molecule has 0 aliphatic carbocycles.